The first-order valence-electron chi connectivity index (χ1n) is 7.41. The van der Waals surface area contributed by atoms with Crippen molar-refractivity contribution in [2.75, 3.05) is 5.75 Å². The molecule has 1 fully saturated rings. The van der Waals surface area contributed by atoms with Crippen molar-refractivity contribution in [3.05, 3.63) is 34.9 Å². The lowest BCUT2D eigenvalue weighted by Crippen LogP contribution is -2.28. The van der Waals surface area contributed by atoms with Crippen molar-refractivity contribution in [2.24, 2.45) is 5.92 Å². The third kappa shape index (κ3) is 3.40. The Morgan fingerprint density at radius 3 is 2.75 bits per heavy atom. The van der Waals surface area contributed by atoms with Gasteiger partial charge in [0.05, 0.1) is 5.75 Å². The largest absolute Gasteiger partial charge is 0.309 e. The second kappa shape index (κ2) is 5.84. The van der Waals surface area contributed by atoms with Crippen molar-refractivity contribution < 1.29 is 8.42 Å². The van der Waals surface area contributed by atoms with E-state index in [-0.39, 0.29) is 5.75 Å². The Kier molecular flexibility index (Phi) is 4.10. The molecule has 2 N–H and O–H groups in total. The molecular weight excluding hydrogens is 272 g/mol. The molecule has 5 heteroatoms. The molecule has 1 aliphatic heterocycles. The topological polar surface area (TPSA) is 58.2 Å². The molecule has 2 aliphatic rings. The second-order valence-electron chi connectivity index (χ2n) is 5.93. The summed E-state index contributed by atoms with van der Waals surface area (Å²) in [6.07, 6.45) is 4.48. The zero-order valence-corrected chi connectivity index (χ0v) is 12.5. The van der Waals surface area contributed by atoms with Crippen LogP contribution in [0.1, 0.15) is 42.4 Å². The van der Waals surface area contributed by atoms with Gasteiger partial charge >= 0.3 is 0 Å². The predicted molar refractivity (Wildman–Crippen MR) is 79.6 cm³/mol. The standard InChI is InChI=1S/C15H22N2O2S/c18-20(19,7-6-12-2-1-3-12)17-9-13-4-5-14-10-16-11-15(14)8-13/h4-5,8,12,16-17H,1-3,6-7,9-11H2. The average Bonchev–Trinajstić information content (AvgIpc) is 2.81. The Balaban J connectivity index is 1.52. The van der Waals surface area contributed by atoms with Crippen LogP contribution in [-0.4, -0.2) is 14.2 Å². The molecular formula is C15H22N2O2S. The van der Waals surface area contributed by atoms with Gasteiger partial charge in [-0.1, -0.05) is 37.5 Å². The molecule has 1 heterocycles. The summed E-state index contributed by atoms with van der Waals surface area (Å²) in [5, 5.41) is 3.29. The lowest BCUT2D eigenvalue weighted by Gasteiger charge is -2.24. The van der Waals surface area contributed by atoms with Crippen molar-refractivity contribution >= 4 is 10.0 Å². The number of rotatable bonds is 6. The van der Waals surface area contributed by atoms with E-state index in [1.165, 1.54) is 30.4 Å². The van der Waals surface area contributed by atoms with Crippen LogP contribution in [0, 0.1) is 5.92 Å². The molecule has 0 saturated heterocycles. The lowest BCUT2D eigenvalue weighted by atomic mass is 9.84. The fourth-order valence-electron chi connectivity index (χ4n) is 2.83. The summed E-state index contributed by atoms with van der Waals surface area (Å²) in [5.74, 6) is 0.905. The van der Waals surface area contributed by atoms with E-state index >= 15 is 0 Å². The number of hydrogen-bond acceptors (Lipinski definition) is 3. The summed E-state index contributed by atoms with van der Waals surface area (Å²) < 4.78 is 26.6. The van der Waals surface area contributed by atoms with E-state index in [4.69, 9.17) is 0 Å². The van der Waals surface area contributed by atoms with Gasteiger partial charge < -0.3 is 5.32 Å². The van der Waals surface area contributed by atoms with Gasteiger partial charge in [-0.25, -0.2) is 13.1 Å². The minimum atomic E-state index is -3.13. The summed E-state index contributed by atoms with van der Waals surface area (Å²) in [6.45, 7) is 2.21. The first-order chi connectivity index (χ1) is 9.62. The quantitative estimate of drug-likeness (QED) is 0.842. The summed E-state index contributed by atoms with van der Waals surface area (Å²) in [7, 11) is -3.13. The smallest absolute Gasteiger partial charge is 0.211 e. The molecule has 1 saturated carbocycles. The first kappa shape index (κ1) is 14.0. The van der Waals surface area contributed by atoms with Gasteiger partial charge in [-0.2, -0.15) is 0 Å². The first-order valence-corrected chi connectivity index (χ1v) is 9.06. The molecule has 0 spiro atoms. The van der Waals surface area contributed by atoms with Crippen LogP contribution < -0.4 is 10.0 Å². The summed E-state index contributed by atoms with van der Waals surface area (Å²) in [5.41, 5.74) is 3.65. The summed E-state index contributed by atoms with van der Waals surface area (Å²) >= 11 is 0. The highest BCUT2D eigenvalue weighted by molar-refractivity contribution is 7.89. The van der Waals surface area contributed by atoms with Crippen LogP contribution in [0.3, 0.4) is 0 Å². The minimum absolute atomic E-state index is 0.268. The van der Waals surface area contributed by atoms with E-state index in [0.29, 0.717) is 12.5 Å². The van der Waals surface area contributed by atoms with Crippen LogP contribution in [0.5, 0.6) is 0 Å². The Labute approximate surface area is 121 Å². The maximum Gasteiger partial charge on any atom is 0.211 e. The van der Waals surface area contributed by atoms with Crippen molar-refractivity contribution in [3.63, 3.8) is 0 Å². The molecule has 0 aromatic heterocycles. The van der Waals surface area contributed by atoms with E-state index in [2.05, 4.69) is 22.2 Å². The van der Waals surface area contributed by atoms with Gasteiger partial charge in [0.1, 0.15) is 0 Å². The third-order valence-electron chi connectivity index (χ3n) is 4.42. The SMILES string of the molecule is O=S(=O)(CCC1CCC1)NCc1ccc2c(c1)CNC2. The van der Waals surface area contributed by atoms with E-state index in [1.807, 2.05) is 6.07 Å². The second-order valence-corrected chi connectivity index (χ2v) is 7.86. The van der Waals surface area contributed by atoms with Crippen molar-refractivity contribution in [1.82, 2.24) is 10.0 Å². The third-order valence-corrected chi connectivity index (χ3v) is 5.77. The molecule has 1 aromatic carbocycles. The van der Waals surface area contributed by atoms with Gasteiger partial charge in [-0.05, 0) is 29.0 Å². The molecule has 4 nitrogen and oxygen atoms in total. The summed E-state index contributed by atoms with van der Waals surface area (Å²) in [6, 6.07) is 6.21. The Morgan fingerprint density at radius 1 is 1.20 bits per heavy atom. The molecule has 1 aliphatic carbocycles. The van der Waals surface area contributed by atoms with Crippen LogP contribution in [0.4, 0.5) is 0 Å². The highest BCUT2D eigenvalue weighted by Gasteiger charge is 2.20. The summed E-state index contributed by atoms with van der Waals surface area (Å²) in [4.78, 5) is 0. The lowest BCUT2D eigenvalue weighted by molar-refractivity contribution is 0.307. The van der Waals surface area contributed by atoms with Gasteiger partial charge in [0.25, 0.3) is 0 Å². The molecule has 0 amide bonds. The molecule has 0 bridgehead atoms. The molecule has 0 radical (unpaired) electrons. The van der Waals surface area contributed by atoms with Crippen LogP contribution >= 0.6 is 0 Å². The molecule has 1 aromatic rings. The predicted octanol–water partition coefficient (Wildman–Crippen LogP) is 1.90. The molecule has 20 heavy (non-hydrogen) atoms. The van der Waals surface area contributed by atoms with Crippen LogP contribution in [0.2, 0.25) is 0 Å². The monoisotopic (exact) mass is 294 g/mol. The van der Waals surface area contributed by atoms with Gasteiger partial charge in [0.2, 0.25) is 10.0 Å². The normalized spacial score (nSPS) is 18.8. The van der Waals surface area contributed by atoms with E-state index < -0.39 is 10.0 Å². The molecule has 3 rings (SSSR count). The fraction of sp³-hybridized carbons (Fsp3) is 0.600. The van der Waals surface area contributed by atoms with Crippen LogP contribution in [-0.2, 0) is 29.7 Å². The fourth-order valence-corrected chi connectivity index (χ4v) is 4.00. The average molecular weight is 294 g/mol. The van der Waals surface area contributed by atoms with Crippen molar-refractivity contribution in [2.45, 2.75) is 45.3 Å². The zero-order chi connectivity index (χ0) is 14.0. The van der Waals surface area contributed by atoms with Gasteiger partial charge in [0, 0.05) is 19.6 Å². The van der Waals surface area contributed by atoms with Gasteiger partial charge in [0.15, 0.2) is 0 Å². The number of nitrogens with one attached hydrogen (secondary N) is 2. The zero-order valence-electron chi connectivity index (χ0n) is 11.7. The number of benzene rings is 1. The Hall–Kier alpha value is -0.910. The van der Waals surface area contributed by atoms with E-state index in [9.17, 15) is 8.42 Å². The Bertz CT molecular complexity index is 580. The van der Waals surface area contributed by atoms with E-state index in [1.54, 1.807) is 0 Å². The Morgan fingerprint density at radius 2 is 2.00 bits per heavy atom. The minimum Gasteiger partial charge on any atom is -0.309 e. The van der Waals surface area contributed by atoms with Crippen LogP contribution in [0.15, 0.2) is 18.2 Å². The maximum absolute atomic E-state index is 12.0. The number of sulfonamides is 1. The van der Waals surface area contributed by atoms with E-state index in [0.717, 1.165) is 25.1 Å². The molecule has 0 atom stereocenters. The van der Waals surface area contributed by atoms with Crippen molar-refractivity contribution in [1.29, 1.82) is 0 Å². The van der Waals surface area contributed by atoms with Gasteiger partial charge in [-0.3, -0.25) is 0 Å². The highest BCUT2D eigenvalue weighted by Crippen LogP contribution is 2.29. The molecule has 0 unspecified atom stereocenters. The highest BCUT2D eigenvalue weighted by atomic mass is 32.2. The number of fused-ring (bicyclic) bond motifs is 1. The maximum atomic E-state index is 12.0. The van der Waals surface area contributed by atoms with Crippen molar-refractivity contribution in [3.8, 4) is 0 Å². The molecule has 110 valence electrons. The van der Waals surface area contributed by atoms with Gasteiger partial charge in [-0.15, -0.1) is 0 Å². The van der Waals surface area contributed by atoms with Crippen LogP contribution in [0.25, 0.3) is 0 Å². The number of hydrogen-bond donors (Lipinski definition) is 2.